The van der Waals surface area contributed by atoms with Gasteiger partial charge < -0.3 is 9.64 Å². The number of fused-ring (bicyclic) bond motifs is 1. The first-order valence-corrected chi connectivity index (χ1v) is 8.87. The van der Waals surface area contributed by atoms with Crippen LogP contribution >= 0.6 is 0 Å². The molecule has 1 unspecified atom stereocenters. The van der Waals surface area contributed by atoms with Crippen molar-refractivity contribution >= 4 is 11.9 Å². The first-order valence-electron chi connectivity index (χ1n) is 8.87. The minimum absolute atomic E-state index is 0.0658. The van der Waals surface area contributed by atoms with Crippen LogP contribution in [0, 0.1) is 11.3 Å². The van der Waals surface area contributed by atoms with Crippen molar-refractivity contribution in [1.82, 2.24) is 4.90 Å². The van der Waals surface area contributed by atoms with E-state index >= 15 is 0 Å². The van der Waals surface area contributed by atoms with E-state index in [0.29, 0.717) is 0 Å². The Balaban J connectivity index is 1.90. The molecule has 1 aliphatic heterocycles. The van der Waals surface area contributed by atoms with E-state index in [4.69, 9.17) is 4.74 Å². The Morgan fingerprint density at radius 3 is 2.56 bits per heavy atom. The van der Waals surface area contributed by atoms with Crippen molar-refractivity contribution in [3.05, 3.63) is 35.9 Å². The molecule has 2 fully saturated rings. The fourth-order valence-electron chi connectivity index (χ4n) is 4.11. The van der Waals surface area contributed by atoms with Crippen molar-refractivity contribution in [3.63, 3.8) is 0 Å². The zero-order valence-electron chi connectivity index (χ0n) is 15.3. The number of carbonyl (C=O) groups is 2. The van der Waals surface area contributed by atoms with Crippen LogP contribution < -0.4 is 0 Å². The third kappa shape index (κ3) is 3.16. The molecule has 0 bridgehead atoms. The summed E-state index contributed by atoms with van der Waals surface area (Å²) in [6, 6.07) is 9.54. The number of esters is 1. The number of benzene rings is 1. The van der Waals surface area contributed by atoms with E-state index in [1.165, 1.54) is 0 Å². The maximum Gasteiger partial charge on any atom is 0.315 e. The van der Waals surface area contributed by atoms with Crippen LogP contribution in [0.3, 0.4) is 0 Å². The van der Waals surface area contributed by atoms with Gasteiger partial charge in [0.25, 0.3) is 0 Å². The number of likely N-dealkylation sites (tertiary alicyclic amines) is 1. The number of amides is 1. The highest BCUT2D eigenvalue weighted by atomic mass is 19.1. The van der Waals surface area contributed by atoms with Crippen LogP contribution in [0.5, 0.6) is 0 Å². The molecule has 0 aromatic heterocycles. The zero-order chi connectivity index (χ0) is 18.4. The number of halogens is 1. The lowest BCUT2D eigenvalue weighted by Gasteiger charge is -2.31. The first kappa shape index (κ1) is 17.9. The average molecular weight is 347 g/mol. The highest BCUT2D eigenvalue weighted by Gasteiger charge is 2.64. The summed E-state index contributed by atoms with van der Waals surface area (Å²) in [5.74, 6) is -1.20. The Bertz CT molecular complexity index is 669. The van der Waals surface area contributed by atoms with Crippen LogP contribution in [-0.4, -0.2) is 35.1 Å². The second-order valence-corrected chi connectivity index (χ2v) is 8.30. The molecule has 25 heavy (non-hydrogen) atoms. The average Bonchev–Trinajstić information content (AvgIpc) is 3.00. The molecular formula is C20H26FNO3. The Kier molecular flexibility index (Phi) is 4.38. The fraction of sp³-hybridized carbons (Fsp3) is 0.600. The predicted molar refractivity (Wildman–Crippen MR) is 92.5 cm³/mol. The molecule has 4 atom stereocenters. The van der Waals surface area contributed by atoms with Crippen molar-refractivity contribution in [2.45, 2.75) is 58.4 Å². The second kappa shape index (κ2) is 6.11. The van der Waals surface area contributed by atoms with Gasteiger partial charge in [-0.25, -0.2) is 4.39 Å². The largest absolute Gasteiger partial charge is 0.459 e. The number of hydrogen-bond acceptors (Lipinski definition) is 3. The van der Waals surface area contributed by atoms with Crippen molar-refractivity contribution in [2.75, 3.05) is 6.54 Å². The monoisotopic (exact) mass is 347 g/mol. The van der Waals surface area contributed by atoms with Gasteiger partial charge in [-0.1, -0.05) is 30.3 Å². The quantitative estimate of drug-likeness (QED) is 0.784. The molecule has 136 valence electrons. The highest BCUT2D eigenvalue weighted by Crippen LogP contribution is 2.53. The fourth-order valence-corrected chi connectivity index (χ4v) is 4.11. The molecule has 0 N–H and O–H groups in total. The van der Waals surface area contributed by atoms with Crippen molar-refractivity contribution in [3.8, 4) is 0 Å². The van der Waals surface area contributed by atoms with Gasteiger partial charge in [-0.2, -0.15) is 0 Å². The van der Waals surface area contributed by atoms with E-state index in [0.717, 1.165) is 5.56 Å². The van der Waals surface area contributed by atoms with E-state index in [1.807, 2.05) is 37.3 Å². The summed E-state index contributed by atoms with van der Waals surface area (Å²) in [5.41, 5.74) is -0.717. The normalized spacial score (nSPS) is 30.3. The standard InChI is InChI=1S/C20H26FNO3/c1-13(14-8-6-5-7-9-14)22-12-20(18(24)25-19(2,3)4)11-15(21)10-16(20)17(22)23/h5-9,13,15-16H,10-12H2,1-4H3/t13-,15?,16+,20-/m1/s1. The Morgan fingerprint density at radius 1 is 1.32 bits per heavy atom. The molecule has 0 spiro atoms. The summed E-state index contributed by atoms with van der Waals surface area (Å²) < 4.78 is 19.7. The van der Waals surface area contributed by atoms with Crippen molar-refractivity contribution < 1.29 is 18.7 Å². The third-order valence-electron chi connectivity index (χ3n) is 5.33. The lowest BCUT2D eigenvalue weighted by Crippen LogP contribution is -2.41. The minimum Gasteiger partial charge on any atom is -0.459 e. The molecule has 1 saturated heterocycles. The third-order valence-corrected chi connectivity index (χ3v) is 5.33. The van der Waals surface area contributed by atoms with Gasteiger partial charge in [0, 0.05) is 6.54 Å². The minimum atomic E-state index is -1.13. The summed E-state index contributed by atoms with van der Waals surface area (Å²) in [5, 5.41) is 0. The maximum absolute atomic E-state index is 14.1. The molecule has 1 saturated carbocycles. The second-order valence-electron chi connectivity index (χ2n) is 8.30. The zero-order valence-corrected chi connectivity index (χ0v) is 15.3. The summed E-state index contributed by atoms with van der Waals surface area (Å²) in [4.78, 5) is 27.6. The van der Waals surface area contributed by atoms with E-state index < -0.39 is 29.1 Å². The van der Waals surface area contributed by atoms with E-state index in [-0.39, 0.29) is 31.3 Å². The van der Waals surface area contributed by atoms with E-state index in [2.05, 4.69) is 0 Å². The molecule has 0 radical (unpaired) electrons. The molecule has 1 aliphatic carbocycles. The number of rotatable bonds is 3. The number of hydrogen-bond donors (Lipinski definition) is 0. The smallest absolute Gasteiger partial charge is 0.315 e. The van der Waals surface area contributed by atoms with Gasteiger partial charge in [0.15, 0.2) is 0 Å². The summed E-state index contributed by atoms with van der Waals surface area (Å²) in [6.07, 6.45) is -0.956. The molecule has 1 aromatic rings. The highest BCUT2D eigenvalue weighted by molar-refractivity contribution is 5.93. The van der Waals surface area contributed by atoms with Crippen LogP contribution in [0.2, 0.25) is 0 Å². The number of ether oxygens (including phenoxy) is 1. The van der Waals surface area contributed by atoms with E-state index in [9.17, 15) is 14.0 Å². The summed E-state index contributed by atoms with van der Waals surface area (Å²) in [7, 11) is 0. The van der Waals surface area contributed by atoms with Crippen LogP contribution in [0.15, 0.2) is 30.3 Å². The maximum atomic E-state index is 14.1. The first-order chi connectivity index (χ1) is 11.6. The van der Waals surface area contributed by atoms with E-state index in [1.54, 1.807) is 25.7 Å². The number of alkyl halides is 1. The molecular weight excluding hydrogens is 321 g/mol. The SMILES string of the molecule is C[C@H](c1ccccc1)N1C[C@]2(C(=O)OC(C)(C)C)CC(F)C[C@H]2C1=O. The molecule has 1 heterocycles. The topological polar surface area (TPSA) is 46.6 Å². The molecule has 3 rings (SSSR count). The molecule has 1 amide bonds. The summed E-state index contributed by atoms with van der Waals surface area (Å²) >= 11 is 0. The molecule has 1 aromatic carbocycles. The van der Waals surface area contributed by atoms with Crippen LogP contribution in [0.4, 0.5) is 4.39 Å². The Hall–Kier alpha value is -1.91. The lowest BCUT2D eigenvalue weighted by molar-refractivity contribution is -0.169. The van der Waals surface area contributed by atoms with Gasteiger partial charge in [0.2, 0.25) is 5.91 Å². The van der Waals surface area contributed by atoms with Gasteiger partial charge in [-0.05, 0) is 46.1 Å². The molecule has 5 heteroatoms. The Morgan fingerprint density at radius 2 is 1.96 bits per heavy atom. The van der Waals surface area contributed by atoms with Gasteiger partial charge in [0.05, 0.1) is 17.4 Å². The molecule has 4 nitrogen and oxygen atoms in total. The van der Waals surface area contributed by atoms with Crippen LogP contribution in [-0.2, 0) is 14.3 Å². The number of carbonyl (C=O) groups excluding carboxylic acids is 2. The lowest BCUT2D eigenvalue weighted by atomic mass is 9.80. The van der Waals surface area contributed by atoms with Crippen LogP contribution in [0.25, 0.3) is 0 Å². The van der Waals surface area contributed by atoms with Crippen molar-refractivity contribution in [1.29, 1.82) is 0 Å². The van der Waals surface area contributed by atoms with Gasteiger partial charge in [0.1, 0.15) is 11.8 Å². The molecule has 2 aliphatic rings. The number of nitrogens with zero attached hydrogens (tertiary/aromatic N) is 1. The van der Waals surface area contributed by atoms with Crippen molar-refractivity contribution in [2.24, 2.45) is 11.3 Å². The summed E-state index contributed by atoms with van der Waals surface area (Å²) in [6.45, 7) is 7.55. The van der Waals surface area contributed by atoms with Gasteiger partial charge in [-0.3, -0.25) is 9.59 Å². The van der Waals surface area contributed by atoms with Gasteiger partial charge in [-0.15, -0.1) is 0 Å². The Labute approximate surface area is 148 Å². The van der Waals surface area contributed by atoms with Gasteiger partial charge >= 0.3 is 5.97 Å². The van der Waals surface area contributed by atoms with Crippen LogP contribution in [0.1, 0.15) is 52.1 Å². The predicted octanol–water partition coefficient (Wildman–Crippen LogP) is 3.67.